The molecule has 84 valence electrons. The number of nitrogens with one attached hydrogen (secondary N) is 1. The summed E-state index contributed by atoms with van der Waals surface area (Å²) in [5.41, 5.74) is 9.42. The van der Waals surface area contributed by atoms with Gasteiger partial charge in [-0.05, 0) is 31.0 Å². The number of hydrogen-bond acceptors (Lipinski definition) is 2. The van der Waals surface area contributed by atoms with Crippen LogP contribution in [0.15, 0.2) is 33.5 Å². The minimum atomic E-state index is -0.322. The maximum Gasteiger partial charge on any atom is 1.00 e. The van der Waals surface area contributed by atoms with Crippen molar-refractivity contribution in [1.29, 1.82) is 0 Å². The monoisotopic (exact) mass is 255 g/mol. The Morgan fingerprint density at radius 3 is 2.71 bits per heavy atom. The molecule has 1 aromatic heterocycles. The number of fused-ring (bicyclic) bond motifs is 1. The zero-order valence-electron chi connectivity index (χ0n) is 10.4. The predicted octanol–water partition coefficient (Wildman–Crippen LogP) is 0.0886. The molecule has 1 N–H and O–H groups in total. The van der Waals surface area contributed by atoms with Gasteiger partial charge in [-0.2, -0.15) is 0 Å². The quantitative estimate of drug-likeness (QED) is 0.564. The first kappa shape index (κ1) is 15.1. The third-order valence-electron chi connectivity index (χ3n) is 2.49. The van der Waals surface area contributed by atoms with E-state index in [1.807, 2.05) is 31.2 Å². The van der Waals surface area contributed by atoms with Gasteiger partial charge in [-0.1, -0.05) is 19.1 Å². The molecule has 1 aromatic carbocycles. The van der Waals surface area contributed by atoms with Crippen molar-refractivity contribution >= 4 is 11.0 Å². The molecule has 0 radical (unpaired) electrons. The summed E-state index contributed by atoms with van der Waals surface area (Å²) in [7, 11) is 0. The van der Waals surface area contributed by atoms with Gasteiger partial charge in [0.25, 0.3) is 0 Å². The summed E-state index contributed by atoms with van der Waals surface area (Å²) in [5.74, 6) is 0. The summed E-state index contributed by atoms with van der Waals surface area (Å²) in [6.45, 7) is 3.72. The molecule has 2 aromatic rings. The second-order valence-corrected chi connectivity index (χ2v) is 4.21. The average Bonchev–Trinajstić information content (AvgIpc) is 2.19. The standard InChI is InChI=1S/C13H14NO2.K/c1-8-3-4-10-7-11(6-9(2)14)13(15)16-12(10)5-8;/h3-5,7,9,14H,6H2,1-2H3;/q-1;+1. The number of hydrogen-bond donors (Lipinski definition) is 0. The van der Waals surface area contributed by atoms with Crippen LogP contribution in [0.4, 0.5) is 0 Å². The molecule has 0 saturated heterocycles. The zero-order chi connectivity index (χ0) is 11.7. The molecular weight excluding hydrogens is 241 g/mol. The first-order valence-electron chi connectivity index (χ1n) is 5.31. The van der Waals surface area contributed by atoms with Crippen molar-refractivity contribution < 1.29 is 55.8 Å². The molecule has 0 aliphatic heterocycles. The van der Waals surface area contributed by atoms with Gasteiger partial charge < -0.3 is 10.2 Å². The first-order valence-corrected chi connectivity index (χ1v) is 5.31. The molecule has 1 heterocycles. The maximum atomic E-state index is 11.6. The van der Waals surface area contributed by atoms with Crippen molar-refractivity contribution in [1.82, 2.24) is 0 Å². The molecule has 0 spiro atoms. The Balaban J connectivity index is 0.00000144. The van der Waals surface area contributed by atoms with Crippen molar-refractivity contribution in [3.63, 3.8) is 0 Å². The van der Waals surface area contributed by atoms with Gasteiger partial charge in [0.15, 0.2) is 0 Å². The smallest absolute Gasteiger partial charge is 0.675 e. The zero-order valence-corrected chi connectivity index (χ0v) is 13.5. The maximum absolute atomic E-state index is 11.6. The first-order chi connectivity index (χ1) is 7.56. The van der Waals surface area contributed by atoms with Gasteiger partial charge in [0.2, 0.25) is 0 Å². The van der Waals surface area contributed by atoms with E-state index in [9.17, 15) is 4.79 Å². The van der Waals surface area contributed by atoms with Crippen LogP contribution in [0.3, 0.4) is 0 Å². The van der Waals surface area contributed by atoms with Gasteiger partial charge in [0, 0.05) is 10.9 Å². The molecule has 0 aliphatic rings. The van der Waals surface area contributed by atoms with Crippen LogP contribution in [0, 0.1) is 6.92 Å². The van der Waals surface area contributed by atoms with E-state index in [4.69, 9.17) is 10.2 Å². The largest absolute Gasteiger partial charge is 1.00 e. The van der Waals surface area contributed by atoms with Gasteiger partial charge >= 0.3 is 57.0 Å². The van der Waals surface area contributed by atoms with Crippen LogP contribution in [-0.2, 0) is 6.42 Å². The third-order valence-corrected chi connectivity index (χ3v) is 2.49. The Bertz CT molecular complexity index is 575. The number of aryl methyl sites for hydroxylation is 1. The average molecular weight is 255 g/mol. The van der Waals surface area contributed by atoms with Crippen molar-refractivity contribution in [3.05, 3.63) is 51.5 Å². The fourth-order valence-corrected chi connectivity index (χ4v) is 1.73. The Morgan fingerprint density at radius 1 is 1.35 bits per heavy atom. The Morgan fingerprint density at radius 2 is 2.06 bits per heavy atom. The van der Waals surface area contributed by atoms with Gasteiger partial charge in [-0.25, -0.2) is 4.79 Å². The Labute approximate surface area is 143 Å². The van der Waals surface area contributed by atoms with E-state index in [-0.39, 0.29) is 63.1 Å². The molecule has 0 aliphatic carbocycles. The van der Waals surface area contributed by atoms with Crippen molar-refractivity contribution in [2.45, 2.75) is 26.3 Å². The molecule has 17 heavy (non-hydrogen) atoms. The number of rotatable bonds is 2. The van der Waals surface area contributed by atoms with E-state index >= 15 is 0 Å². The van der Waals surface area contributed by atoms with Crippen LogP contribution < -0.4 is 57.0 Å². The van der Waals surface area contributed by atoms with Crippen LogP contribution in [0.5, 0.6) is 0 Å². The summed E-state index contributed by atoms with van der Waals surface area (Å²) in [5, 5.41) is 0.917. The third kappa shape index (κ3) is 3.74. The minimum absolute atomic E-state index is 0. The molecular formula is C13H14KNO2. The molecule has 1 unspecified atom stereocenters. The Hall–Kier alpha value is 0.0264. The van der Waals surface area contributed by atoms with E-state index in [0.717, 1.165) is 10.9 Å². The van der Waals surface area contributed by atoms with E-state index in [1.165, 1.54) is 0 Å². The van der Waals surface area contributed by atoms with Gasteiger partial charge in [-0.15, -0.1) is 6.04 Å². The van der Waals surface area contributed by atoms with Crippen molar-refractivity contribution in [2.24, 2.45) is 0 Å². The molecule has 0 amide bonds. The van der Waals surface area contributed by atoms with Crippen LogP contribution >= 0.6 is 0 Å². The topological polar surface area (TPSA) is 54.0 Å². The van der Waals surface area contributed by atoms with Gasteiger partial charge in [-0.3, -0.25) is 0 Å². The predicted molar refractivity (Wildman–Crippen MR) is 64.7 cm³/mol. The second-order valence-electron chi connectivity index (χ2n) is 4.21. The molecule has 3 nitrogen and oxygen atoms in total. The molecule has 0 saturated carbocycles. The fourth-order valence-electron chi connectivity index (χ4n) is 1.73. The molecule has 0 fully saturated rings. The van der Waals surface area contributed by atoms with Crippen molar-refractivity contribution in [3.8, 4) is 0 Å². The minimum Gasteiger partial charge on any atom is -0.675 e. The van der Waals surface area contributed by atoms with Crippen LogP contribution in [0.2, 0.25) is 0 Å². The van der Waals surface area contributed by atoms with Crippen molar-refractivity contribution in [2.75, 3.05) is 0 Å². The fraction of sp³-hybridized carbons (Fsp3) is 0.308. The molecule has 0 bridgehead atoms. The SMILES string of the molecule is Cc1ccc2cc(CC(C)[NH-])c(=O)oc2c1.[K+]. The van der Waals surface area contributed by atoms with Gasteiger partial charge in [0.1, 0.15) is 5.58 Å². The second kappa shape index (κ2) is 6.27. The molecule has 1 atom stereocenters. The van der Waals surface area contributed by atoms with Crippen LogP contribution in [-0.4, -0.2) is 6.04 Å². The van der Waals surface area contributed by atoms with E-state index in [2.05, 4.69) is 0 Å². The van der Waals surface area contributed by atoms with E-state index < -0.39 is 0 Å². The van der Waals surface area contributed by atoms with E-state index in [0.29, 0.717) is 17.6 Å². The normalized spacial score (nSPS) is 12.2. The summed E-state index contributed by atoms with van der Waals surface area (Å²) >= 11 is 0. The molecule has 2 rings (SSSR count). The summed E-state index contributed by atoms with van der Waals surface area (Å²) < 4.78 is 5.24. The number of benzene rings is 1. The summed E-state index contributed by atoms with van der Waals surface area (Å²) in [4.78, 5) is 11.6. The summed E-state index contributed by atoms with van der Waals surface area (Å²) in [6, 6.07) is 7.31. The van der Waals surface area contributed by atoms with Gasteiger partial charge in [0.05, 0.1) is 0 Å². The summed E-state index contributed by atoms with van der Waals surface area (Å²) in [6.07, 6.45) is 0.437. The van der Waals surface area contributed by atoms with Crippen LogP contribution in [0.25, 0.3) is 16.7 Å². The molecule has 4 heteroatoms. The Kier molecular flexibility index (Phi) is 5.56. The van der Waals surface area contributed by atoms with E-state index in [1.54, 1.807) is 6.92 Å². The van der Waals surface area contributed by atoms with Crippen LogP contribution in [0.1, 0.15) is 18.1 Å².